The van der Waals surface area contributed by atoms with Gasteiger partial charge in [0.05, 0.1) is 6.54 Å². The number of hydrogen-bond acceptors (Lipinski definition) is 5. The molecule has 4 rings (SSSR count). The molecule has 0 saturated carbocycles. The first-order valence-electron chi connectivity index (χ1n) is 10.5. The Bertz CT molecular complexity index is 979. The number of aromatic nitrogens is 2. The summed E-state index contributed by atoms with van der Waals surface area (Å²) in [6, 6.07) is 11.5. The fourth-order valence-corrected chi connectivity index (χ4v) is 5.36. The van der Waals surface area contributed by atoms with Gasteiger partial charge in [-0.25, -0.2) is 4.79 Å². The van der Waals surface area contributed by atoms with Gasteiger partial charge in [0.1, 0.15) is 0 Å². The highest BCUT2D eigenvalue weighted by atomic mass is 32.2. The van der Waals surface area contributed by atoms with Crippen LogP contribution in [0, 0.1) is 0 Å². The van der Waals surface area contributed by atoms with Crippen molar-refractivity contribution in [2.24, 2.45) is 0 Å². The molecule has 2 aromatic rings. The van der Waals surface area contributed by atoms with Crippen molar-refractivity contribution in [1.29, 1.82) is 0 Å². The summed E-state index contributed by atoms with van der Waals surface area (Å²) in [5.41, 5.74) is 1.13. The highest BCUT2D eigenvalue weighted by Gasteiger charge is 2.34. The number of amides is 2. The average Bonchev–Trinajstić information content (AvgIpc) is 3.21. The van der Waals surface area contributed by atoms with Gasteiger partial charge < -0.3 is 9.80 Å². The van der Waals surface area contributed by atoms with Gasteiger partial charge in [-0.3, -0.25) is 10.00 Å². The second-order valence-corrected chi connectivity index (χ2v) is 9.84. The van der Waals surface area contributed by atoms with Crippen LogP contribution in [0.15, 0.2) is 42.6 Å². The van der Waals surface area contributed by atoms with Crippen molar-refractivity contribution >= 4 is 22.1 Å². The Morgan fingerprint density at radius 1 is 0.935 bits per heavy atom. The third-order valence-corrected chi connectivity index (χ3v) is 7.74. The van der Waals surface area contributed by atoms with Gasteiger partial charge in [-0.1, -0.05) is 30.3 Å². The molecule has 0 atom stereocenters. The highest BCUT2D eigenvalue weighted by molar-refractivity contribution is 7.86. The van der Waals surface area contributed by atoms with Crippen LogP contribution in [0.2, 0.25) is 0 Å². The number of carbonyl (C=O) groups is 1. The van der Waals surface area contributed by atoms with E-state index in [2.05, 4.69) is 15.3 Å². The molecule has 0 bridgehead atoms. The molecular weight excluding hydrogens is 418 g/mol. The van der Waals surface area contributed by atoms with Crippen LogP contribution in [0.4, 0.5) is 10.6 Å². The Labute approximate surface area is 183 Å². The first-order valence-corrected chi connectivity index (χ1v) is 11.9. The standard InChI is InChI=1S/C20H29N7O3S/c1-23-9-13-26(14-10-23)31(29,30)27-15-11-24(12-16-27)20(28)21-19-7-8-25(22-19)17-18-5-3-2-4-6-18/h2-8H,9-17H2,1H3,(H,21,22,28). The molecule has 0 unspecified atom stereocenters. The van der Waals surface area contributed by atoms with Gasteiger partial charge in [-0.15, -0.1) is 0 Å². The van der Waals surface area contributed by atoms with Crippen molar-refractivity contribution in [3.05, 3.63) is 48.2 Å². The Hall–Kier alpha value is -2.47. The van der Waals surface area contributed by atoms with E-state index < -0.39 is 10.2 Å². The summed E-state index contributed by atoms with van der Waals surface area (Å²) < 4.78 is 30.5. The number of nitrogens with one attached hydrogen (secondary N) is 1. The number of piperazine rings is 2. The van der Waals surface area contributed by atoms with Crippen molar-refractivity contribution < 1.29 is 13.2 Å². The van der Waals surface area contributed by atoms with Crippen molar-refractivity contribution in [3.8, 4) is 0 Å². The molecule has 31 heavy (non-hydrogen) atoms. The zero-order chi connectivity index (χ0) is 21.8. The van der Waals surface area contributed by atoms with Gasteiger partial charge in [0.15, 0.2) is 5.82 Å². The monoisotopic (exact) mass is 447 g/mol. The Kier molecular flexibility index (Phi) is 6.56. The molecule has 3 heterocycles. The molecule has 1 N–H and O–H groups in total. The molecule has 2 fully saturated rings. The van der Waals surface area contributed by atoms with E-state index >= 15 is 0 Å². The highest BCUT2D eigenvalue weighted by Crippen LogP contribution is 2.15. The van der Waals surface area contributed by atoms with E-state index in [1.165, 1.54) is 4.31 Å². The maximum Gasteiger partial charge on any atom is 0.323 e. The van der Waals surface area contributed by atoms with E-state index in [0.29, 0.717) is 51.6 Å². The first kappa shape index (κ1) is 21.8. The summed E-state index contributed by atoms with van der Waals surface area (Å²) in [7, 11) is -1.48. The number of nitrogens with zero attached hydrogens (tertiary/aromatic N) is 6. The lowest BCUT2D eigenvalue weighted by atomic mass is 10.2. The number of likely N-dealkylation sites (N-methyl/N-ethyl adjacent to an activating group) is 1. The van der Waals surface area contributed by atoms with E-state index in [9.17, 15) is 13.2 Å². The summed E-state index contributed by atoms with van der Waals surface area (Å²) in [4.78, 5) is 16.4. The topological polar surface area (TPSA) is 94.0 Å². The van der Waals surface area contributed by atoms with E-state index in [4.69, 9.17) is 0 Å². The molecule has 2 aliphatic heterocycles. The van der Waals surface area contributed by atoms with Crippen LogP contribution in [0.3, 0.4) is 0 Å². The van der Waals surface area contributed by atoms with E-state index in [1.54, 1.807) is 20.0 Å². The SMILES string of the molecule is CN1CCN(S(=O)(=O)N2CCN(C(=O)Nc3ccn(Cc4ccccc4)n3)CC2)CC1. The molecule has 0 spiro atoms. The zero-order valence-corrected chi connectivity index (χ0v) is 18.5. The lowest BCUT2D eigenvalue weighted by molar-refractivity contribution is 0.173. The van der Waals surface area contributed by atoms with Gasteiger partial charge in [0.25, 0.3) is 10.2 Å². The van der Waals surface area contributed by atoms with Crippen molar-refractivity contribution in [3.63, 3.8) is 0 Å². The predicted molar refractivity (Wildman–Crippen MR) is 118 cm³/mol. The smallest absolute Gasteiger partial charge is 0.322 e. The molecule has 10 nitrogen and oxygen atoms in total. The third-order valence-electron chi connectivity index (χ3n) is 5.70. The number of rotatable bonds is 5. The first-order chi connectivity index (χ1) is 14.9. The van der Waals surface area contributed by atoms with Crippen LogP contribution in [-0.2, 0) is 16.8 Å². The summed E-state index contributed by atoms with van der Waals surface area (Å²) in [5.74, 6) is 0.480. The lowest BCUT2D eigenvalue weighted by Gasteiger charge is -2.38. The molecule has 0 radical (unpaired) electrons. The van der Waals surface area contributed by atoms with Crippen LogP contribution in [0.5, 0.6) is 0 Å². The number of urea groups is 1. The maximum absolute atomic E-state index is 12.9. The summed E-state index contributed by atoms with van der Waals surface area (Å²) in [6.07, 6.45) is 1.82. The second-order valence-electron chi connectivity index (χ2n) is 7.91. The van der Waals surface area contributed by atoms with E-state index in [-0.39, 0.29) is 6.03 Å². The average molecular weight is 448 g/mol. The minimum Gasteiger partial charge on any atom is -0.322 e. The van der Waals surface area contributed by atoms with Gasteiger partial charge in [0.2, 0.25) is 0 Å². The quantitative estimate of drug-likeness (QED) is 0.723. The van der Waals surface area contributed by atoms with Gasteiger partial charge >= 0.3 is 6.03 Å². The fraction of sp³-hybridized carbons (Fsp3) is 0.500. The Morgan fingerprint density at radius 3 is 2.19 bits per heavy atom. The van der Waals surface area contributed by atoms with Crippen molar-refractivity contribution in [1.82, 2.24) is 28.2 Å². The second kappa shape index (κ2) is 9.35. The van der Waals surface area contributed by atoms with Crippen LogP contribution < -0.4 is 5.32 Å². The molecule has 2 amide bonds. The van der Waals surface area contributed by atoms with Gasteiger partial charge in [0, 0.05) is 64.6 Å². The van der Waals surface area contributed by atoms with Crippen molar-refractivity contribution in [2.45, 2.75) is 6.54 Å². The molecule has 1 aromatic heterocycles. The maximum atomic E-state index is 12.9. The summed E-state index contributed by atoms with van der Waals surface area (Å²) >= 11 is 0. The van der Waals surface area contributed by atoms with E-state index in [0.717, 1.165) is 18.7 Å². The Morgan fingerprint density at radius 2 is 1.55 bits per heavy atom. The number of carbonyl (C=O) groups excluding carboxylic acids is 1. The minimum absolute atomic E-state index is 0.262. The largest absolute Gasteiger partial charge is 0.323 e. The molecule has 1 aromatic carbocycles. The third kappa shape index (κ3) is 5.24. The number of anilines is 1. The van der Waals surface area contributed by atoms with Crippen LogP contribution in [-0.4, -0.2) is 102 Å². The summed E-state index contributed by atoms with van der Waals surface area (Å²) in [6.45, 7) is 4.40. The number of hydrogen-bond donors (Lipinski definition) is 1. The lowest BCUT2D eigenvalue weighted by Crippen LogP contribution is -2.57. The molecule has 2 aliphatic rings. The molecule has 2 saturated heterocycles. The minimum atomic E-state index is -3.48. The molecule has 0 aliphatic carbocycles. The predicted octanol–water partition coefficient (Wildman–Crippen LogP) is 0.573. The van der Waals surface area contributed by atoms with Crippen molar-refractivity contribution in [2.75, 3.05) is 64.7 Å². The molecule has 168 valence electrons. The molecule has 11 heteroatoms. The number of benzene rings is 1. The van der Waals surface area contributed by atoms with Gasteiger partial charge in [-0.2, -0.15) is 22.1 Å². The fourth-order valence-electron chi connectivity index (χ4n) is 3.78. The molecular formula is C20H29N7O3S. The van der Waals surface area contributed by atoms with Gasteiger partial charge in [-0.05, 0) is 12.6 Å². The van der Waals surface area contributed by atoms with Crippen LogP contribution in [0.1, 0.15) is 5.56 Å². The van der Waals surface area contributed by atoms with E-state index in [1.807, 2.05) is 43.6 Å². The summed E-state index contributed by atoms with van der Waals surface area (Å²) in [5, 5.41) is 7.21. The van der Waals surface area contributed by atoms with Crippen LogP contribution in [0.25, 0.3) is 0 Å². The normalized spacial score (nSPS) is 19.5. The zero-order valence-electron chi connectivity index (χ0n) is 17.7. The Balaban J connectivity index is 1.28. The van der Waals surface area contributed by atoms with Crippen LogP contribution >= 0.6 is 0 Å².